The van der Waals surface area contributed by atoms with Gasteiger partial charge in [-0.2, -0.15) is 15.1 Å². The molecule has 2 unspecified atom stereocenters. The average molecular weight is 732 g/mol. The topological polar surface area (TPSA) is 172 Å². The van der Waals surface area contributed by atoms with Gasteiger partial charge < -0.3 is 37.5 Å². The lowest BCUT2D eigenvalue weighted by Crippen LogP contribution is -2.43. The van der Waals surface area contributed by atoms with E-state index in [0.717, 1.165) is 25.7 Å². The second-order valence-corrected chi connectivity index (χ2v) is 15.8. The number of hydrogen-bond donors (Lipinski definition) is 0. The van der Waals surface area contributed by atoms with Gasteiger partial charge in [-0.15, -0.1) is 0 Å². The predicted octanol–water partition coefficient (Wildman–Crippen LogP) is 5.75. The summed E-state index contributed by atoms with van der Waals surface area (Å²) < 4.78 is 61.9. The fourth-order valence-corrected chi connectivity index (χ4v) is 8.17. The van der Waals surface area contributed by atoms with Crippen LogP contribution in [0.1, 0.15) is 87.3 Å². The van der Waals surface area contributed by atoms with Crippen molar-refractivity contribution in [2.75, 3.05) is 31.3 Å². The second kappa shape index (κ2) is 15.0. The molecule has 5 atom stereocenters. The van der Waals surface area contributed by atoms with Crippen LogP contribution in [-0.4, -0.2) is 99.8 Å². The molecule has 1 aliphatic carbocycles. The van der Waals surface area contributed by atoms with Crippen LogP contribution in [-0.2, 0) is 46.8 Å². The maximum Gasteiger partial charge on any atom is 0.416 e. The van der Waals surface area contributed by atoms with E-state index in [2.05, 4.69) is 15.1 Å². The largest absolute Gasteiger partial charge is 0.464 e. The first kappa shape index (κ1) is 37.8. The zero-order valence-electron chi connectivity index (χ0n) is 29.3. The number of fused-ring (bicyclic) bond motifs is 2. The van der Waals surface area contributed by atoms with E-state index in [9.17, 15) is 14.2 Å². The number of esters is 1. The highest BCUT2D eigenvalue weighted by atomic mass is 35.5. The minimum absolute atomic E-state index is 0.0132. The molecule has 2 aromatic heterocycles. The van der Waals surface area contributed by atoms with E-state index >= 15 is 0 Å². The number of ether oxygens (including phenoxy) is 6. The summed E-state index contributed by atoms with van der Waals surface area (Å²) in [6.07, 6.45) is 1.32. The summed E-state index contributed by atoms with van der Waals surface area (Å²) in [5.41, 5.74) is -0.447. The van der Waals surface area contributed by atoms with Crippen LogP contribution in [0.4, 0.5) is 10.6 Å². The maximum absolute atomic E-state index is 13.7. The molecule has 0 spiro atoms. The van der Waals surface area contributed by atoms with Gasteiger partial charge in [-0.05, 0) is 79.8 Å². The van der Waals surface area contributed by atoms with Crippen molar-refractivity contribution in [1.29, 1.82) is 0 Å². The Kier molecular flexibility index (Phi) is 11.6. The highest BCUT2D eigenvalue weighted by Gasteiger charge is 2.57. The number of nitrogens with zero attached hydrogens (tertiary/aromatic N) is 5. The highest BCUT2D eigenvalue weighted by Crippen LogP contribution is 2.54. The fourth-order valence-electron chi connectivity index (χ4n) is 6.35. The molecule has 3 fully saturated rings. The van der Waals surface area contributed by atoms with Crippen molar-refractivity contribution in [3.8, 4) is 0 Å². The van der Waals surface area contributed by atoms with Gasteiger partial charge in [0.1, 0.15) is 23.9 Å². The van der Waals surface area contributed by atoms with Gasteiger partial charge in [0.15, 0.2) is 23.5 Å². The smallest absolute Gasteiger partial charge is 0.416 e. The van der Waals surface area contributed by atoms with Gasteiger partial charge in [0.25, 0.3) is 5.85 Å². The molecule has 2 saturated heterocycles. The Hall–Kier alpha value is -2.43. The molecule has 16 nitrogen and oxygen atoms in total. The highest BCUT2D eigenvalue weighted by molar-refractivity contribution is 7.55. The van der Waals surface area contributed by atoms with Crippen molar-refractivity contribution in [3.63, 3.8) is 0 Å². The first-order valence-corrected chi connectivity index (χ1v) is 18.7. The maximum atomic E-state index is 13.7. The van der Waals surface area contributed by atoms with E-state index in [4.69, 9.17) is 49.1 Å². The van der Waals surface area contributed by atoms with Crippen LogP contribution < -0.4 is 4.90 Å². The molecule has 2 aromatic rings. The van der Waals surface area contributed by atoms with Gasteiger partial charge in [0.2, 0.25) is 5.28 Å². The summed E-state index contributed by atoms with van der Waals surface area (Å²) in [6, 6.07) is -0.148. The Labute approximate surface area is 290 Å². The molecule has 1 amide bonds. The van der Waals surface area contributed by atoms with E-state index in [0.29, 0.717) is 11.0 Å². The summed E-state index contributed by atoms with van der Waals surface area (Å²) in [4.78, 5) is 37.1. The minimum Gasteiger partial charge on any atom is -0.464 e. The number of anilines is 1. The lowest BCUT2D eigenvalue weighted by molar-refractivity contribution is -0.204. The van der Waals surface area contributed by atoms with Crippen molar-refractivity contribution >= 4 is 48.1 Å². The molecule has 49 heavy (non-hydrogen) atoms. The van der Waals surface area contributed by atoms with Crippen molar-refractivity contribution in [2.24, 2.45) is 0 Å². The lowest BCUT2D eigenvalue weighted by atomic mass is 10.1. The summed E-state index contributed by atoms with van der Waals surface area (Å²) in [5, 5.41) is 4.97. The molecule has 2 aliphatic heterocycles. The van der Waals surface area contributed by atoms with Gasteiger partial charge in [-0.1, -0.05) is 12.8 Å². The summed E-state index contributed by atoms with van der Waals surface area (Å²) in [6.45, 7) is 13.6. The van der Waals surface area contributed by atoms with E-state index in [-0.39, 0.29) is 43.6 Å². The molecule has 0 aromatic carbocycles. The number of amides is 1. The molecule has 274 valence electrons. The second-order valence-electron chi connectivity index (χ2n) is 13.4. The monoisotopic (exact) mass is 731 g/mol. The fraction of sp³-hybridized carbons (Fsp3) is 0.774. The molecule has 0 radical (unpaired) electrons. The number of hydrogen-bond acceptors (Lipinski definition) is 14. The van der Waals surface area contributed by atoms with Crippen LogP contribution in [0, 0.1) is 0 Å². The molecule has 5 rings (SSSR count). The van der Waals surface area contributed by atoms with E-state index in [1.807, 2.05) is 0 Å². The van der Waals surface area contributed by atoms with Crippen LogP contribution >= 0.6 is 19.2 Å². The van der Waals surface area contributed by atoms with Crippen LogP contribution in [0.5, 0.6) is 0 Å². The SMILES string of the molecule is CCOC(=O)C(OCC1O[C@@H](n2ncc3c(N(C(=O)OC(C)(C)C)C4CCCC4)nc(Cl)nc32)[C@@H]2OC(C)(C)O[C@H]12)P(=O)(OCC)OCC. The van der Waals surface area contributed by atoms with Crippen molar-refractivity contribution < 1.29 is 51.6 Å². The van der Waals surface area contributed by atoms with Crippen LogP contribution in [0.25, 0.3) is 11.0 Å². The Morgan fingerprint density at radius 1 is 1.08 bits per heavy atom. The summed E-state index contributed by atoms with van der Waals surface area (Å²) in [5.74, 6) is -3.30. The van der Waals surface area contributed by atoms with Crippen molar-refractivity contribution in [1.82, 2.24) is 19.7 Å². The van der Waals surface area contributed by atoms with Gasteiger partial charge in [-0.25, -0.2) is 14.3 Å². The van der Waals surface area contributed by atoms with Gasteiger partial charge in [0, 0.05) is 6.04 Å². The van der Waals surface area contributed by atoms with Crippen molar-refractivity contribution in [2.45, 2.75) is 129 Å². The Balaban J connectivity index is 1.49. The average Bonchev–Trinajstić information content (AvgIpc) is 3.78. The predicted molar refractivity (Wildman–Crippen MR) is 176 cm³/mol. The summed E-state index contributed by atoms with van der Waals surface area (Å²) >= 11 is 6.51. The van der Waals surface area contributed by atoms with Gasteiger partial charge in [0.05, 0.1) is 38.0 Å². The number of carbonyl (C=O) groups is 2. The quantitative estimate of drug-likeness (QED) is 0.138. The minimum atomic E-state index is -4.09. The molecule has 3 aliphatic rings. The molecule has 0 bridgehead atoms. The van der Waals surface area contributed by atoms with Gasteiger partial charge in [-0.3, -0.25) is 9.46 Å². The molecule has 4 heterocycles. The Morgan fingerprint density at radius 2 is 1.73 bits per heavy atom. The van der Waals surface area contributed by atoms with Gasteiger partial charge >= 0.3 is 19.7 Å². The van der Waals surface area contributed by atoms with E-state index < -0.39 is 61.4 Å². The third kappa shape index (κ3) is 8.22. The van der Waals surface area contributed by atoms with Crippen LogP contribution in [0.15, 0.2) is 6.20 Å². The molecule has 18 heteroatoms. The summed E-state index contributed by atoms with van der Waals surface area (Å²) in [7, 11) is -4.09. The molecule has 1 saturated carbocycles. The van der Waals surface area contributed by atoms with Crippen LogP contribution in [0.3, 0.4) is 0 Å². The molecule has 0 N–H and O–H groups in total. The number of aromatic nitrogens is 4. The Bertz CT molecular complexity index is 1540. The molecular formula is C31H47ClN5O11P. The third-order valence-electron chi connectivity index (χ3n) is 8.09. The van der Waals surface area contributed by atoms with Crippen LogP contribution in [0.2, 0.25) is 5.28 Å². The first-order chi connectivity index (χ1) is 23.1. The lowest BCUT2D eigenvalue weighted by Gasteiger charge is -2.31. The first-order valence-electron chi connectivity index (χ1n) is 16.7. The number of rotatable bonds is 13. The third-order valence-corrected chi connectivity index (χ3v) is 10.4. The zero-order valence-corrected chi connectivity index (χ0v) is 30.9. The normalized spacial score (nSPS) is 24.7. The Morgan fingerprint density at radius 3 is 2.35 bits per heavy atom. The zero-order chi connectivity index (χ0) is 35.7. The number of carbonyl (C=O) groups excluding carboxylic acids is 2. The van der Waals surface area contributed by atoms with E-state index in [1.54, 1.807) is 66.5 Å². The number of halogens is 1. The molecular weight excluding hydrogens is 685 g/mol. The standard InChI is InChI=1S/C31H47ClN5O11P/c1-9-41-26(38)27(49(40,43-10-2)44-11-3)42-17-20-21-22(47-31(7,8)46-21)25(45-20)37-24-19(16-33-37)23(34-28(32)35-24)36(18-14-12-13-15-18)29(39)48-30(4,5)6/h16,18,20-22,25,27H,9-15,17H2,1-8H3/t20?,21-,22-,25-,27?/m1/s1. The van der Waals surface area contributed by atoms with Crippen molar-refractivity contribution in [3.05, 3.63) is 11.5 Å². The van der Waals surface area contributed by atoms with E-state index in [1.165, 1.54) is 4.68 Å².